The average Bonchev–Trinajstić information content (AvgIpc) is 3.23. The lowest BCUT2D eigenvalue weighted by Gasteiger charge is -2.36. The Bertz CT molecular complexity index is 516. The van der Waals surface area contributed by atoms with Crippen molar-refractivity contribution >= 4 is 29.2 Å². The SMILES string of the molecule is CN[C@H]1CCC2SC[C@@H](C(C)=O)N2C1=O.CN[C@H]1CN[C@H](C(C)=O)C1. The number of amides is 1. The smallest absolute Gasteiger partial charge is 0.241 e. The molecule has 3 aliphatic rings. The number of fused-ring (bicyclic) bond motifs is 1. The van der Waals surface area contributed by atoms with E-state index in [1.165, 1.54) is 0 Å². The Hall–Kier alpha value is -0.960. The topological polar surface area (TPSA) is 90.5 Å². The van der Waals surface area contributed by atoms with Gasteiger partial charge >= 0.3 is 0 Å². The van der Waals surface area contributed by atoms with Gasteiger partial charge in [0.05, 0.1) is 17.5 Å². The number of hydrogen-bond acceptors (Lipinski definition) is 7. The number of thioether (sulfide) groups is 1. The molecule has 3 fully saturated rings. The van der Waals surface area contributed by atoms with Crippen molar-refractivity contribution in [3.8, 4) is 0 Å². The molecule has 0 radical (unpaired) electrons. The molecule has 0 aromatic carbocycles. The van der Waals surface area contributed by atoms with Crippen LogP contribution in [0.25, 0.3) is 0 Å². The zero-order valence-corrected chi connectivity index (χ0v) is 16.3. The molecule has 3 aliphatic heterocycles. The van der Waals surface area contributed by atoms with E-state index in [2.05, 4.69) is 16.0 Å². The van der Waals surface area contributed by atoms with Crippen LogP contribution in [0.15, 0.2) is 0 Å². The number of nitrogens with one attached hydrogen (secondary N) is 3. The number of carbonyl (C=O) groups excluding carboxylic acids is 3. The normalized spacial score (nSPS) is 34.3. The van der Waals surface area contributed by atoms with Crippen LogP contribution >= 0.6 is 11.8 Å². The van der Waals surface area contributed by atoms with Crippen LogP contribution in [0.2, 0.25) is 0 Å². The molecular weight excluding hydrogens is 340 g/mol. The minimum atomic E-state index is -0.191. The number of rotatable bonds is 4. The zero-order valence-electron chi connectivity index (χ0n) is 15.5. The molecule has 3 heterocycles. The van der Waals surface area contributed by atoms with Crippen LogP contribution in [0.3, 0.4) is 0 Å². The fourth-order valence-corrected chi connectivity index (χ4v) is 5.05. The highest BCUT2D eigenvalue weighted by Gasteiger charge is 2.44. The van der Waals surface area contributed by atoms with Gasteiger partial charge in [0.15, 0.2) is 5.78 Å². The van der Waals surface area contributed by atoms with Gasteiger partial charge in [-0.3, -0.25) is 14.4 Å². The maximum Gasteiger partial charge on any atom is 0.241 e. The second kappa shape index (κ2) is 9.12. The summed E-state index contributed by atoms with van der Waals surface area (Å²) in [5.74, 6) is 1.22. The monoisotopic (exact) mass is 370 g/mol. The van der Waals surface area contributed by atoms with Gasteiger partial charge in [-0.2, -0.15) is 0 Å². The van der Waals surface area contributed by atoms with Gasteiger partial charge < -0.3 is 20.9 Å². The predicted octanol–water partition coefficient (Wildman–Crippen LogP) is -0.247. The van der Waals surface area contributed by atoms with Gasteiger partial charge in [-0.05, 0) is 47.2 Å². The van der Waals surface area contributed by atoms with Crippen molar-refractivity contribution in [2.45, 2.75) is 62.7 Å². The van der Waals surface area contributed by atoms with Crippen molar-refractivity contribution in [1.29, 1.82) is 0 Å². The molecule has 0 spiro atoms. The molecule has 5 atom stereocenters. The maximum atomic E-state index is 12.1. The Morgan fingerprint density at radius 3 is 2.36 bits per heavy atom. The van der Waals surface area contributed by atoms with Crippen molar-refractivity contribution in [1.82, 2.24) is 20.9 Å². The summed E-state index contributed by atoms with van der Waals surface area (Å²) in [5.41, 5.74) is 0. The van der Waals surface area contributed by atoms with Crippen LogP contribution in [-0.2, 0) is 14.4 Å². The Labute approximate surface area is 154 Å². The van der Waals surface area contributed by atoms with E-state index in [0.29, 0.717) is 6.04 Å². The van der Waals surface area contributed by atoms with E-state index < -0.39 is 0 Å². The molecule has 142 valence electrons. The fourth-order valence-electron chi connectivity index (χ4n) is 3.54. The second-order valence-corrected chi connectivity index (χ2v) is 8.08. The summed E-state index contributed by atoms with van der Waals surface area (Å²) in [7, 11) is 3.73. The number of likely N-dealkylation sites (N-methyl/N-ethyl adjacent to an activating group) is 2. The summed E-state index contributed by atoms with van der Waals surface area (Å²) in [4.78, 5) is 36.1. The van der Waals surface area contributed by atoms with Crippen molar-refractivity contribution in [3.63, 3.8) is 0 Å². The highest BCUT2D eigenvalue weighted by atomic mass is 32.2. The summed E-state index contributed by atoms with van der Waals surface area (Å²) in [6.45, 7) is 4.13. The van der Waals surface area contributed by atoms with Gasteiger partial charge in [-0.15, -0.1) is 11.8 Å². The van der Waals surface area contributed by atoms with Gasteiger partial charge in [-0.25, -0.2) is 0 Å². The van der Waals surface area contributed by atoms with E-state index in [9.17, 15) is 14.4 Å². The molecule has 0 aromatic rings. The molecular formula is C17H30N4O3S. The standard InChI is InChI=1S/C10H16N2O2S.C7H14N2O/c1-6(13)8-5-15-9-4-3-7(11-2)10(14)12(8)9;1-5(10)7-3-6(8-2)4-9-7/h7-9,11H,3-5H2,1-2H3;6-9H,3-4H2,1-2H3/t7-,8-,9?;6-,7+/m01/s1. The van der Waals surface area contributed by atoms with Gasteiger partial charge in [0.2, 0.25) is 5.91 Å². The summed E-state index contributed by atoms with van der Waals surface area (Å²) < 4.78 is 0. The molecule has 8 heteroatoms. The maximum absolute atomic E-state index is 12.1. The van der Waals surface area contributed by atoms with E-state index in [0.717, 1.165) is 31.6 Å². The summed E-state index contributed by atoms with van der Waals surface area (Å²) in [6.07, 6.45) is 2.81. The van der Waals surface area contributed by atoms with E-state index in [4.69, 9.17) is 0 Å². The largest absolute Gasteiger partial charge is 0.318 e. The number of piperidine rings is 1. The minimum Gasteiger partial charge on any atom is -0.318 e. The average molecular weight is 371 g/mol. The third-order valence-corrected chi connectivity index (χ3v) is 6.55. The Morgan fingerprint density at radius 1 is 1.16 bits per heavy atom. The summed E-state index contributed by atoms with van der Waals surface area (Å²) in [5, 5.41) is 9.53. The minimum absolute atomic E-state index is 0.0949. The van der Waals surface area contributed by atoms with Crippen LogP contribution in [0.4, 0.5) is 0 Å². The lowest BCUT2D eigenvalue weighted by atomic mass is 10.0. The fraction of sp³-hybridized carbons (Fsp3) is 0.824. The first-order valence-electron chi connectivity index (χ1n) is 8.91. The number of nitrogens with zero attached hydrogens (tertiary/aromatic N) is 1. The zero-order chi connectivity index (χ0) is 18.6. The number of Topliss-reactive ketones (excluding diaryl/α,β-unsaturated/α-hetero) is 2. The third kappa shape index (κ3) is 4.81. The Kier molecular flexibility index (Phi) is 7.42. The number of ketones is 2. The molecule has 0 bridgehead atoms. The number of carbonyl (C=O) groups is 3. The van der Waals surface area contributed by atoms with Crippen LogP contribution in [0, 0.1) is 0 Å². The molecule has 7 nitrogen and oxygen atoms in total. The van der Waals surface area contributed by atoms with Crippen molar-refractivity contribution in [2.75, 3.05) is 26.4 Å². The highest BCUT2D eigenvalue weighted by Crippen LogP contribution is 2.36. The lowest BCUT2D eigenvalue weighted by Crippen LogP contribution is -2.55. The van der Waals surface area contributed by atoms with Crippen LogP contribution in [-0.4, -0.2) is 78.3 Å². The van der Waals surface area contributed by atoms with Crippen molar-refractivity contribution in [2.24, 2.45) is 0 Å². The van der Waals surface area contributed by atoms with Gasteiger partial charge in [0.25, 0.3) is 0 Å². The first-order chi connectivity index (χ1) is 11.9. The van der Waals surface area contributed by atoms with Crippen molar-refractivity contribution < 1.29 is 14.4 Å². The van der Waals surface area contributed by atoms with Gasteiger partial charge in [-0.1, -0.05) is 0 Å². The third-order valence-electron chi connectivity index (χ3n) is 5.19. The molecule has 3 saturated heterocycles. The van der Waals surface area contributed by atoms with Crippen LogP contribution in [0.1, 0.15) is 33.1 Å². The van der Waals surface area contributed by atoms with Crippen LogP contribution < -0.4 is 16.0 Å². The first kappa shape index (κ1) is 20.4. The van der Waals surface area contributed by atoms with E-state index >= 15 is 0 Å². The molecule has 0 aliphatic carbocycles. The first-order valence-corrected chi connectivity index (χ1v) is 9.96. The highest BCUT2D eigenvalue weighted by molar-refractivity contribution is 8.00. The Balaban J connectivity index is 0.000000196. The summed E-state index contributed by atoms with van der Waals surface area (Å²) in [6, 6.07) is 0.289. The molecule has 0 aromatic heterocycles. The van der Waals surface area contributed by atoms with Gasteiger partial charge in [0.1, 0.15) is 11.8 Å². The van der Waals surface area contributed by atoms with Crippen LogP contribution in [0.5, 0.6) is 0 Å². The second-order valence-electron chi connectivity index (χ2n) is 6.87. The predicted molar refractivity (Wildman–Crippen MR) is 99.6 cm³/mol. The molecule has 3 N–H and O–H groups in total. The van der Waals surface area contributed by atoms with Crippen molar-refractivity contribution in [3.05, 3.63) is 0 Å². The number of hydrogen-bond donors (Lipinski definition) is 3. The quantitative estimate of drug-likeness (QED) is 0.629. The molecule has 3 rings (SSSR count). The van der Waals surface area contributed by atoms with E-state index in [-0.39, 0.29) is 41.0 Å². The Morgan fingerprint density at radius 2 is 1.88 bits per heavy atom. The van der Waals surface area contributed by atoms with Gasteiger partial charge in [0, 0.05) is 18.3 Å². The summed E-state index contributed by atoms with van der Waals surface area (Å²) >= 11 is 1.74. The van der Waals surface area contributed by atoms with E-state index in [1.54, 1.807) is 37.6 Å². The molecule has 1 unspecified atom stereocenters. The lowest BCUT2D eigenvalue weighted by molar-refractivity contribution is -0.142. The van der Waals surface area contributed by atoms with E-state index in [1.807, 2.05) is 7.05 Å². The molecule has 25 heavy (non-hydrogen) atoms. The molecule has 0 saturated carbocycles. The molecule has 1 amide bonds.